The number of hydrogen-bond donors (Lipinski definition) is 1. The Morgan fingerprint density at radius 2 is 1.90 bits per heavy atom. The third kappa shape index (κ3) is 6.29. The number of nitrogens with zero attached hydrogens (tertiary/aromatic N) is 1. The van der Waals surface area contributed by atoms with Gasteiger partial charge in [-0.1, -0.05) is 61.3 Å². The Bertz CT molecular complexity index is 836. The summed E-state index contributed by atoms with van der Waals surface area (Å²) in [6.45, 7) is 6.62. The molecule has 0 aromatic heterocycles. The highest BCUT2D eigenvalue weighted by molar-refractivity contribution is 6.31. The Labute approximate surface area is 177 Å². The molecule has 156 valence electrons. The number of aryl methyl sites for hydroxylation is 1. The average Bonchev–Trinajstić information content (AvgIpc) is 2.69. The van der Waals surface area contributed by atoms with Gasteiger partial charge in [-0.15, -0.1) is 0 Å². The van der Waals surface area contributed by atoms with Crippen molar-refractivity contribution in [2.75, 3.05) is 6.54 Å². The molecule has 29 heavy (non-hydrogen) atoms. The van der Waals surface area contributed by atoms with Crippen LogP contribution in [0.2, 0.25) is 5.02 Å². The minimum absolute atomic E-state index is 0.150. The Kier molecular flexibility index (Phi) is 8.65. The molecule has 1 N–H and O–H groups in total. The van der Waals surface area contributed by atoms with Gasteiger partial charge in [0.05, 0.1) is 6.42 Å². The smallest absolute Gasteiger partial charge is 0.242 e. The first-order chi connectivity index (χ1) is 13.9. The second kappa shape index (κ2) is 11.0. The lowest BCUT2D eigenvalue weighted by Crippen LogP contribution is -2.49. The fraction of sp³-hybridized carbons (Fsp3) is 0.391. The van der Waals surface area contributed by atoms with Crippen LogP contribution < -0.4 is 5.32 Å². The molecule has 0 bridgehead atoms. The van der Waals surface area contributed by atoms with Gasteiger partial charge in [0.25, 0.3) is 0 Å². The molecule has 0 fully saturated rings. The van der Waals surface area contributed by atoms with Crippen molar-refractivity contribution >= 4 is 23.4 Å². The summed E-state index contributed by atoms with van der Waals surface area (Å²) in [7, 11) is 0. The van der Waals surface area contributed by atoms with Gasteiger partial charge >= 0.3 is 0 Å². The minimum atomic E-state index is -0.639. The monoisotopic (exact) mass is 418 g/mol. The van der Waals surface area contributed by atoms with Gasteiger partial charge in [-0.2, -0.15) is 0 Å². The van der Waals surface area contributed by atoms with E-state index in [0.717, 1.165) is 17.5 Å². The van der Waals surface area contributed by atoms with E-state index in [1.165, 1.54) is 17.0 Å². The van der Waals surface area contributed by atoms with Gasteiger partial charge in [0.15, 0.2) is 0 Å². The van der Waals surface area contributed by atoms with Crippen molar-refractivity contribution in [2.24, 2.45) is 0 Å². The van der Waals surface area contributed by atoms with E-state index < -0.39 is 11.9 Å². The maximum atomic E-state index is 14.2. The molecular weight excluding hydrogens is 391 g/mol. The summed E-state index contributed by atoms with van der Waals surface area (Å²) in [5.74, 6) is -1.06. The Hall–Kier alpha value is -2.40. The Morgan fingerprint density at radius 3 is 2.52 bits per heavy atom. The normalized spacial score (nSPS) is 11.8. The summed E-state index contributed by atoms with van der Waals surface area (Å²) in [6.07, 6.45) is 1.06. The zero-order chi connectivity index (χ0) is 21.4. The molecule has 2 aromatic carbocycles. The number of halogens is 2. The fourth-order valence-electron chi connectivity index (χ4n) is 3.25. The molecule has 0 radical (unpaired) electrons. The third-order valence-electron chi connectivity index (χ3n) is 4.76. The zero-order valence-electron chi connectivity index (χ0n) is 17.2. The van der Waals surface area contributed by atoms with Crippen molar-refractivity contribution < 1.29 is 14.0 Å². The molecule has 0 aliphatic rings. The molecule has 0 aliphatic heterocycles. The summed E-state index contributed by atoms with van der Waals surface area (Å²) in [6, 6.07) is 11.5. The summed E-state index contributed by atoms with van der Waals surface area (Å²) >= 11 is 6.11. The highest BCUT2D eigenvalue weighted by atomic mass is 35.5. The van der Waals surface area contributed by atoms with Gasteiger partial charge in [-0.05, 0) is 37.5 Å². The van der Waals surface area contributed by atoms with Crippen molar-refractivity contribution in [1.29, 1.82) is 0 Å². The largest absolute Gasteiger partial charge is 0.354 e. The van der Waals surface area contributed by atoms with E-state index in [1.54, 1.807) is 6.07 Å². The first kappa shape index (κ1) is 22.9. The third-order valence-corrected chi connectivity index (χ3v) is 5.11. The first-order valence-corrected chi connectivity index (χ1v) is 10.3. The molecule has 2 aromatic rings. The maximum absolute atomic E-state index is 14.2. The van der Waals surface area contributed by atoms with E-state index in [1.807, 2.05) is 45.0 Å². The SMILES string of the molecule is CCCNC(=O)C(CC)N(Cc1cccc(C)c1)C(=O)Cc1c(F)cccc1Cl. The minimum Gasteiger partial charge on any atom is -0.354 e. The van der Waals surface area contributed by atoms with Gasteiger partial charge in [0, 0.05) is 23.7 Å². The molecular formula is C23H28ClFN2O2. The summed E-state index contributed by atoms with van der Waals surface area (Å²) < 4.78 is 14.2. The second-order valence-electron chi connectivity index (χ2n) is 7.10. The van der Waals surface area contributed by atoms with Crippen molar-refractivity contribution in [3.05, 3.63) is 70.0 Å². The molecule has 2 amide bonds. The average molecular weight is 419 g/mol. The van der Waals surface area contributed by atoms with Crippen LogP contribution in [0, 0.1) is 12.7 Å². The van der Waals surface area contributed by atoms with Gasteiger partial charge in [0.1, 0.15) is 11.9 Å². The van der Waals surface area contributed by atoms with Crippen LogP contribution in [0.25, 0.3) is 0 Å². The van der Waals surface area contributed by atoms with Crippen LogP contribution in [-0.2, 0) is 22.6 Å². The van der Waals surface area contributed by atoms with Gasteiger partial charge in [-0.3, -0.25) is 9.59 Å². The lowest BCUT2D eigenvalue weighted by Gasteiger charge is -2.31. The van der Waals surface area contributed by atoms with E-state index in [2.05, 4.69) is 5.32 Å². The maximum Gasteiger partial charge on any atom is 0.242 e. The number of carbonyl (C=O) groups excluding carboxylic acids is 2. The molecule has 1 unspecified atom stereocenters. The zero-order valence-corrected chi connectivity index (χ0v) is 17.9. The van der Waals surface area contributed by atoms with Crippen LogP contribution >= 0.6 is 11.6 Å². The van der Waals surface area contributed by atoms with E-state index in [4.69, 9.17) is 11.6 Å². The molecule has 0 saturated carbocycles. The van der Waals surface area contributed by atoms with Crippen LogP contribution in [0.15, 0.2) is 42.5 Å². The van der Waals surface area contributed by atoms with Gasteiger partial charge in [0.2, 0.25) is 11.8 Å². The predicted molar refractivity (Wildman–Crippen MR) is 114 cm³/mol. The van der Waals surface area contributed by atoms with Gasteiger partial charge in [-0.25, -0.2) is 4.39 Å². The predicted octanol–water partition coefficient (Wildman–Crippen LogP) is 4.66. The summed E-state index contributed by atoms with van der Waals surface area (Å²) in [4.78, 5) is 27.5. The van der Waals surface area contributed by atoms with Crippen LogP contribution in [0.3, 0.4) is 0 Å². The van der Waals surface area contributed by atoms with E-state index in [-0.39, 0.29) is 35.4 Å². The van der Waals surface area contributed by atoms with Crippen molar-refractivity contribution in [3.63, 3.8) is 0 Å². The summed E-state index contributed by atoms with van der Waals surface area (Å²) in [5, 5.41) is 3.08. The molecule has 6 heteroatoms. The number of rotatable bonds is 9. The first-order valence-electron chi connectivity index (χ1n) is 9.92. The van der Waals surface area contributed by atoms with Crippen LogP contribution in [0.1, 0.15) is 43.4 Å². The standard InChI is InChI=1S/C23H28ClFN2O2/c1-4-12-26-23(29)21(5-2)27(15-17-9-6-8-16(3)13-17)22(28)14-18-19(24)10-7-11-20(18)25/h6-11,13,21H,4-5,12,14-15H2,1-3H3,(H,26,29). The van der Waals surface area contributed by atoms with Crippen molar-refractivity contribution in [1.82, 2.24) is 10.2 Å². The van der Waals surface area contributed by atoms with E-state index in [0.29, 0.717) is 13.0 Å². The van der Waals surface area contributed by atoms with Crippen LogP contribution in [0.5, 0.6) is 0 Å². The fourth-order valence-corrected chi connectivity index (χ4v) is 3.48. The molecule has 4 nitrogen and oxygen atoms in total. The molecule has 0 aliphatic carbocycles. The Balaban J connectivity index is 2.33. The molecule has 0 spiro atoms. The topological polar surface area (TPSA) is 49.4 Å². The summed E-state index contributed by atoms with van der Waals surface area (Å²) in [5.41, 5.74) is 2.13. The number of hydrogen-bond acceptors (Lipinski definition) is 2. The van der Waals surface area contributed by atoms with Crippen molar-refractivity contribution in [2.45, 2.75) is 52.6 Å². The van der Waals surface area contributed by atoms with Crippen LogP contribution in [0.4, 0.5) is 4.39 Å². The number of carbonyl (C=O) groups is 2. The molecule has 1 atom stereocenters. The lowest BCUT2D eigenvalue weighted by molar-refractivity contribution is -0.141. The second-order valence-corrected chi connectivity index (χ2v) is 7.51. The highest BCUT2D eigenvalue weighted by Gasteiger charge is 2.29. The molecule has 2 rings (SSSR count). The van der Waals surface area contributed by atoms with E-state index >= 15 is 0 Å². The number of benzene rings is 2. The van der Waals surface area contributed by atoms with E-state index in [9.17, 15) is 14.0 Å². The molecule has 0 heterocycles. The lowest BCUT2D eigenvalue weighted by atomic mass is 10.1. The molecule has 0 saturated heterocycles. The number of amides is 2. The number of nitrogens with one attached hydrogen (secondary N) is 1. The Morgan fingerprint density at radius 1 is 1.17 bits per heavy atom. The van der Waals surface area contributed by atoms with Gasteiger partial charge < -0.3 is 10.2 Å². The highest BCUT2D eigenvalue weighted by Crippen LogP contribution is 2.22. The quantitative estimate of drug-likeness (QED) is 0.643. The van der Waals surface area contributed by atoms with Crippen LogP contribution in [-0.4, -0.2) is 29.3 Å². The van der Waals surface area contributed by atoms with Crippen molar-refractivity contribution in [3.8, 4) is 0 Å².